The van der Waals surface area contributed by atoms with Crippen molar-refractivity contribution in [3.8, 4) is 6.07 Å². The van der Waals surface area contributed by atoms with Crippen molar-refractivity contribution in [2.24, 2.45) is 0 Å². The Labute approximate surface area is 144 Å². The van der Waals surface area contributed by atoms with E-state index in [1.807, 2.05) is 36.4 Å². The molecule has 6 heteroatoms. The van der Waals surface area contributed by atoms with Crippen LogP contribution < -0.4 is 5.32 Å². The second-order valence-electron chi connectivity index (χ2n) is 6.23. The number of carboxylic acid groups (broad SMARTS) is 1. The van der Waals surface area contributed by atoms with E-state index < -0.39 is 6.09 Å². The highest BCUT2D eigenvalue weighted by Crippen LogP contribution is 2.34. The van der Waals surface area contributed by atoms with Gasteiger partial charge in [-0.25, -0.2) is 4.79 Å². The van der Waals surface area contributed by atoms with E-state index in [1.165, 1.54) is 0 Å². The van der Waals surface area contributed by atoms with E-state index in [0.717, 1.165) is 27.9 Å². The van der Waals surface area contributed by atoms with Gasteiger partial charge in [0.2, 0.25) is 0 Å². The van der Waals surface area contributed by atoms with Gasteiger partial charge in [0, 0.05) is 35.3 Å². The van der Waals surface area contributed by atoms with Gasteiger partial charge in [-0.15, -0.1) is 0 Å². The van der Waals surface area contributed by atoms with E-state index in [1.54, 1.807) is 6.20 Å². The van der Waals surface area contributed by atoms with Crippen LogP contribution in [-0.2, 0) is 19.4 Å². The van der Waals surface area contributed by atoms with Crippen LogP contribution in [0.5, 0.6) is 0 Å². The molecular weight excluding hydrogens is 316 g/mol. The van der Waals surface area contributed by atoms with Gasteiger partial charge >= 0.3 is 6.09 Å². The lowest BCUT2D eigenvalue weighted by Crippen LogP contribution is -2.34. The fourth-order valence-electron chi connectivity index (χ4n) is 3.67. The Kier molecular flexibility index (Phi) is 3.62. The van der Waals surface area contributed by atoms with Crippen molar-refractivity contribution >= 4 is 17.0 Å². The number of aromatic nitrogens is 2. The van der Waals surface area contributed by atoms with Crippen molar-refractivity contribution in [2.75, 3.05) is 0 Å². The van der Waals surface area contributed by atoms with Gasteiger partial charge in [-0.1, -0.05) is 6.07 Å². The van der Waals surface area contributed by atoms with Crippen LogP contribution in [0, 0.1) is 11.3 Å². The molecule has 2 heterocycles. The minimum absolute atomic E-state index is 0.132. The number of pyridine rings is 1. The van der Waals surface area contributed by atoms with Crippen LogP contribution in [0.1, 0.15) is 22.5 Å². The average Bonchev–Trinajstić information content (AvgIpc) is 3.13. The molecule has 1 aliphatic carbocycles. The van der Waals surface area contributed by atoms with E-state index in [4.69, 9.17) is 5.11 Å². The molecule has 3 aromatic rings. The number of carbonyl (C=O) groups is 1. The Morgan fingerprint density at radius 2 is 2.24 bits per heavy atom. The van der Waals surface area contributed by atoms with E-state index in [9.17, 15) is 10.1 Å². The van der Waals surface area contributed by atoms with Crippen LogP contribution in [0.4, 0.5) is 4.79 Å². The summed E-state index contributed by atoms with van der Waals surface area (Å²) >= 11 is 0. The largest absolute Gasteiger partial charge is 0.465 e. The Balaban J connectivity index is 1.82. The number of nitrogens with zero attached hydrogens (tertiary/aromatic N) is 3. The molecule has 6 nitrogen and oxygen atoms in total. The van der Waals surface area contributed by atoms with Crippen molar-refractivity contribution in [1.29, 1.82) is 5.26 Å². The fourth-order valence-corrected chi connectivity index (χ4v) is 3.67. The average molecular weight is 332 g/mol. The van der Waals surface area contributed by atoms with Gasteiger partial charge in [-0.05, 0) is 42.3 Å². The molecule has 4 rings (SSSR count). The monoisotopic (exact) mass is 332 g/mol. The van der Waals surface area contributed by atoms with Crippen molar-refractivity contribution in [2.45, 2.75) is 25.4 Å². The first-order chi connectivity index (χ1) is 12.2. The molecule has 0 spiro atoms. The molecule has 0 saturated heterocycles. The summed E-state index contributed by atoms with van der Waals surface area (Å²) in [6.45, 7) is 0.623. The number of fused-ring (bicyclic) bond motifs is 3. The summed E-state index contributed by atoms with van der Waals surface area (Å²) < 4.78 is 2.19. The zero-order valence-corrected chi connectivity index (χ0v) is 13.4. The molecule has 1 atom stereocenters. The zero-order valence-electron chi connectivity index (χ0n) is 13.4. The number of nitrogens with one attached hydrogen (secondary N) is 1. The number of rotatable bonds is 3. The van der Waals surface area contributed by atoms with Gasteiger partial charge in [0.1, 0.15) is 0 Å². The normalized spacial score (nSPS) is 15.7. The van der Waals surface area contributed by atoms with Gasteiger partial charge in [0.25, 0.3) is 0 Å². The Hall–Kier alpha value is -3.33. The predicted octanol–water partition coefficient (Wildman–Crippen LogP) is 2.69. The molecule has 0 bridgehead atoms. The molecular formula is C19H16N4O2. The number of hydrogen-bond acceptors (Lipinski definition) is 3. The quantitative estimate of drug-likeness (QED) is 0.771. The second-order valence-corrected chi connectivity index (χ2v) is 6.23. The third-order valence-corrected chi connectivity index (χ3v) is 4.68. The lowest BCUT2D eigenvalue weighted by atomic mass is 10.1. The van der Waals surface area contributed by atoms with Gasteiger partial charge < -0.3 is 15.0 Å². The van der Waals surface area contributed by atoms with Crippen molar-refractivity contribution in [1.82, 2.24) is 14.9 Å². The van der Waals surface area contributed by atoms with Gasteiger partial charge in [-0.3, -0.25) is 4.98 Å². The lowest BCUT2D eigenvalue weighted by Gasteiger charge is -2.13. The molecule has 124 valence electrons. The number of nitriles is 1. The highest BCUT2D eigenvalue weighted by Gasteiger charge is 2.29. The summed E-state index contributed by atoms with van der Waals surface area (Å²) in [7, 11) is 0. The first-order valence-corrected chi connectivity index (χ1v) is 8.09. The predicted molar refractivity (Wildman–Crippen MR) is 92.3 cm³/mol. The third kappa shape index (κ3) is 2.70. The molecule has 2 aromatic heterocycles. The van der Waals surface area contributed by atoms with E-state index in [2.05, 4.69) is 20.9 Å². The first-order valence-electron chi connectivity index (χ1n) is 8.09. The van der Waals surface area contributed by atoms with Crippen LogP contribution in [0.25, 0.3) is 10.9 Å². The summed E-state index contributed by atoms with van der Waals surface area (Å²) in [6, 6.07) is 13.5. The standard InChI is InChI=1S/C19H16N4O2/c20-10-12-4-5-17-15(7-12)16-8-14(22-19(24)25)9-18(16)23(17)11-13-3-1-2-6-21-13/h1-7,14,22H,8-9,11H2,(H,24,25). The Morgan fingerprint density at radius 3 is 2.96 bits per heavy atom. The minimum Gasteiger partial charge on any atom is -0.465 e. The summed E-state index contributed by atoms with van der Waals surface area (Å²) in [4.78, 5) is 15.4. The fraction of sp³-hybridized carbons (Fsp3) is 0.211. The topological polar surface area (TPSA) is 90.9 Å². The number of benzene rings is 1. The Morgan fingerprint density at radius 1 is 1.36 bits per heavy atom. The second kappa shape index (κ2) is 5.95. The van der Waals surface area contributed by atoms with Crippen LogP contribution in [-0.4, -0.2) is 26.8 Å². The van der Waals surface area contributed by atoms with Gasteiger partial charge in [0.15, 0.2) is 0 Å². The van der Waals surface area contributed by atoms with Crippen molar-refractivity contribution in [3.05, 3.63) is 65.1 Å². The third-order valence-electron chi connectivity index (χ3n) is 4.68. The van der Waals surface area contributed by atoms with Crippen LogP contribution in [0.15, 0.2) is 42.6 Å². The highest BCUT2D eigenvalue weighted by atomic mass is 16.4. The molecule has 1 amide bonds. The van der Waals surface area contributed by atoms with E-state index >= 15 is 0 Å². The van der Waals surface area contributed by atoms with Crippen LogP contribution in [0.2, 0.25) is 0 Å². The number of amides is 1. The van der Waals surface area contributed by atoms with Gasteiger partial charge in [-0.2, -0.15) is 5.26 Å². The first kappa shape index (κ1) is 15.2. The van der Waals surface area contributed by atoms with E-state index in [0.29, 0.717) is 24.9 Å². The maximum absolute atomic E-state index is 11.0. The molecule has 0 saturated carbocycles. The molecule has 1 aliphatic rings. The summed E-state index contributed by atoms with van der Waals surface area (Å²) in [5.74, 6) is 0. The van der Waals surface area contributed by atoms with E-state index in [-0.39, 0.29) is 6.04 Å². The summed E-state index contributed by atoms with van der Waals surface area (Å²) in [5, 5.41) is 21.8. The summed E-state index contributed by atoms with van der Waals surface area (Å²) in [6.07, 6.45) is 2.05. The van der Waals surface area contributed by atoms with Gasteiger partial charge in [0.05, 0.1) is 23.9 Å². The zero-order chi connectivity index (χ0) is 17.4. The SMILES string of the molecule is N#Cc1ccc2c(c1)c1c(n2Cc2ccccn2)CC(NC(=O)O)C1. The molecule has 0 radical (unpaired) electrons. The molecule has 1 unspecified atom stereocenters. The Bertz CT molecular complexity index is 1000. The smallest absolute Gasteiger partial charge is 0.404 e. The van der Waals surface area contributed by atoms with Crippen LogP contribution in [0.3, 0.4) is 0 Å². The molecule has 0 aliphatic heterocycles. The van der Waals surface area contributed by atoms with Crippen LogP contribution >= 0.6 is 0 Å². The maximum Gasteiger partial charge on any atom is 0.404 e. The minimum atomic E-state index is -1.01. The molecule has 0 fully saturated rings. The molecule has 2 N–H and O–H groups in total. The van der Waals surface area contributed by atoms with Crippen molar-refractivity contribution in [3.63, 3.8) is 0 Å². The summed E-state index contributed by atoms with van der Waals surface area (Å²) in [5.41, 5.74) is 4.86. The molecule has 1 aromatic carbocycles. The van der Waals surface area contributed by atoms with Crippen molar-refractivity contribution < 1.29 is 9.90 Å². The lowest BCUT2D eigenvalue weighted by molar-refractivity contribution is 0.190. The maximum atomic E-state index is 11.0. The highest BCUT2D eigenvalue weighted by molar-refractivity contribution is 5.88. The number of hydrogen-bond donors (Lipinski definition) is 2. The molecule has 25 heavy (non-hydrogen) atoms.